The van der Waals surface area contributed by atoms with Crippen molar-refractivity contribution in [1.29, 1.82) is 0 Å². The summed E-state index contributed by atoms with van der Waals surface area (Å²) in [5, 5.41) is 2.95. The maximum Gasteiger partial charge on any atom is 0.237 e. The Hall–Kier alpha value is -0.610. The van der Waals surface area contributed by atoms with E-state index in [4.69, 9.17) is 4.74 Å². The Morgan fingerprint density at radius 3 is 2.31 bits per heavy atom. The topological polar surface area (TPSA) is 41.6 Å². The van der Waals surface area contributed by atoms with Crippen LogP contribution in [0.5, 0.6) is 0 Å². The summed E-state index contributed by atoms with van der Waals surface area (Å²) in [7, 11) is 1.76. The van der Waals surface area contributed by atoms with E-state index in [-0.39, 0.29) is 18.0 Å². The predicted octanol–water partition coefficient (Wildman–Crippen LogP) is 1.01. The summed E-state index contributed by atoms with van der Waals surface area (Å²) in [4.78, 5) is 14.0. The highest BCUT2D eigenvalue weighted by Crippen LogP contribution is 2.15. The fourth-order valence-electron chi connectivity index (χ4n) is 2.07. The summed E-state index contributed by atoms with van der Waals surface area (Å²) in [6.07, 6.45) is 2.42. The van der Waals surface area contributed by atoms with E-state index >= 15 is 0 Å². The maximum atomic E-state index is 11.8. The van der Waals surface area contributed by atoms with E-state index in [9.17, 15) is 4.79 Å². The third-order valence-corrected chi connectivity index (χ3v) is 3.17. The first kappa shape index (κ1) is 13.5. The van der Waals surface area contributed by atoms with Gasteiger partial charge in [0.15, 0.2) is 0 Å². The van der Waals surface area contributed by atoms with Crippen molar-refractivity contribution >= 4 is 5.91 Å². The molecule has 0 spiro atoms. The van der Waals surface area contributed by atoms with Crippen LogP contribution in [0.25, 0.3) is 0 Å². The van der Waals surface area contributed by atoms with E-state index < -0.39 is 0 Å². The van der Waals surface area contributed by atoms with Gasteiger partial charge >= 0.3 is 0 Å². The fourth-order valence-corrected chi connectivity index (χ4v) is 2.07. The summed E-state index contributed by atoms with van der Waals surface area (Å²) in [6, 6.07) is 0.187. The average Bonchev–Trinajstić information content (AvgIpc) is 2.27. The van der Waals surface area contributed by atoms with Gasteiger partial charge in [0.05, 0.1) is 12.1 Å². The number of hydrogen-bond donors (Lipinski definition) is 1. The van der Waals surface area contributed by atoms with E-state index in [0.717, 1.165) is 25.9 Å². The summed E-state index contributed by atoms with van der Waals surface area (Å²) in [5.74, 6) is 0.130. The van der Waals surface area contributed by atoms with Crippen LogP contribution in [-0.4, -0.2) is 49.2 Å². The number of amides is 1. The molecule has 1 saturated heterocycles. The second-order valence-electron chi connectivity index (χ2n) is 4.81. The summed E-state index contributed by atoms with van der Waals surface area (Å²) in [5.41, 5.74) is 0. The number of carbonyl (C=O) groups is 1. The number of piperidine rings is 1. The average molecular weight is 228 g/mol. The second kappa shape index (κ2) is 6.21. The van der Waals surface area contributed by atoms with Gasteiger partial charge in [0, 0.05) is 26.2 Å². The Morgan fingerprint density at radius 2 is 1.88 bits per heavy atom. The van der Waals surface area contributed by atoms with Crippen LogP contribution in [0.3, 0.4) is 0 Å². The van der Waals surface area contributed by atoms with Crippen molar-refractivity contribution in [2.75, 3.05) is 20.2 Å². The molecule has 0 aromatic carbocycles. The highest BCUT2D eigenvalue weighted by molar-refractivity contribution is 5.81. The van der Waals surface area contributed by atoms with Gasteiger partial charge in [0.25, 0.3) is 0 Å². The van der Waals surface area contributed by atoms with Crippen molar-refractivity contribution in [3.05, 3.63) is 0 Å². The second-order valence-corrected chi connectivity index (χ2v) is 4.81. The van der Waals surface area contributed by atoms with Gasteiger partial charge in [-0.15, -0.1) is 0 Å². The molecule has 1 N–H and O–H groups in total. The van der Waals surface area contributed by atoms with Gasteiger partial charge in [-0.3, -0.25) is 9.69 Å². The molecule has 0 radical (unpaired) electrons. The third-order valence-electron chi connectivity index (χ3n) is 3.17. The molecular weight excluding hydrogens is 204 g/mol. The monoisotopic (exact) mass is 228 g/mol. The zero-order chi connectivity index (χ0) is 12.1. The Morgan fingerprint density at radius 1 is 1.31 bits per heavy atom. The van der Waals surface area contributed by atoms with Crippen LogP contribution in [0.15, 0.2) is 0 Å². The molecule has 1 rings (SSSR count). The molecule has 1 aliphatic heterocycles. The lowest BCUT2D eigenvalue weighted by Gasteiger charge is -2.34. The molecule has 1 fully saturated rings. The molecule has 4 heteroatoms. The summed E-state index contributed by atoms with van der Waals surface area (Å²) in [6.45, 7) is 7.85. The van der Waals surface area contributed by atoms with Gasteiger partial charge in [0.2, 0.25) is 5.91 Å². The zero-order valence-electron chi connectivity index (χ0n) is 10.8. The van der Waals surface area contributed by atoms with E-state index in [1.807, 2.05) is 20.8 Å². The largest absolute Gasteiger partial charge is 0.381 e. The Balaban J connectivity index is 2.37. The number of methoxy groups -OCH3 is 1. The normalized spacial score (nSPS) is 21.1. The van der Waals surface area contributed by atoms with E-state index in [0.29, 0.717) is 6.10 Å². The molecule has 94 valence electrons. The van der Waals surface area contributed by atoms with Crippen LogP contribution >= 0.6 is 0 Å². The molecule has 0 bridgehead atoms. The Labute approximate surface area is 98.3 Å². The van der Waals surface area contributed by atoms with Crippen molar-refractivity contribution in [3.8, 4) is 0 Å². The van der Waals surface area contributed by atoms with Crippen molar-refractivity contribution in [2.24, 2.45) is 0 Å². The third kappa shape index (κ3) is 3.76. The number of nitrogens with zero attached hydrogens (tertiary/aromatic N) is 1. The van der Waals surface area contributed by atoms with Crippen LogP contribution in [-0.2, 0) is 9.53 Å². The van der Waals surface area contributed by atoms with Crippen molar-refractivity contribution in [3.63, 3.8) is 0 Å². The quantitative estimate of drug-likeness (QED) is 0.781. The predicted molar refractivity (Wildman–Crippen MR) is 64.3 cm³/mol. The molecule has 0 saturated carbocycles. The van der Waals surface area contributed by atoms with Gasteiger partial charge in [0.1, 0.15) is 0 Å². The van der Waals surface area contributed by atoms with Crippen LogP contribution in [0.2, 0.25) is 0 Å². The summed E-state index contributed by atoms with van der Waals surface area (Å²) < 4.78 is 5.32. The molecule has 0 aromatic rings. The molecule has 4 nitrogen and oxygen atoms in total. The maximum absolute atomic E-state index is 11.8. The molecule has 1 amide bonds. The molecule has 0 aliphatic carbocycles. The fraction of sp³-hybridized carbons (Fsp3) is 0.917. The van der Waals surface area contributed by atoms with E-state index in [2.05, 4.69) is 10.2 Å². The molecule has 1 unspecified atom stereocenters. The first-order chi connectivity index (χ1) is 7.54. The number of ether oxygens (including phenoxy) is 1. The highest BCUT2D eigenvalue weighted by atomic mass is 16.5. The minimum Gasteiger partial charge on any atom is -0.381 e. The van der Waals surface area contributed by atoms with Gasteiger partial charge < -0.3 is 10.1 Å². The van der Waals surface area contributed by atoms with Crippen molar-refractivity contribution in [2.45, 2.75) is 51.8 Å². The van der Waals surface area contributed by atoms with Crippen LogP contribution in [0.4, 0.5) is 0 Å². The van der Waals surface area contributed by atoms with Crippen LogP contribution in [0.1, 0.15) is 33.6 Å². The van der Waals surface area contributed by atoms with E-state index in [1.165, 1.54) is 0 Å². The molecule has 1 heterocycles. The molecule has 16 heavy (non-hydrogen) atoms. The molecule has 1 aliphatic rings. The number of carbonyl (C=O) groups excluding carboxylic acids is 1. The standard InChI is InChI=1S/C12H24N2O2/c1-9(2)13-12(15)10(3)14-7-5-11(16-4)6-8-14/h9-11H,5-8H2,1-4H3,(H,13,15). The molecule has 1 atom stereocenters. The zero-order valence-corrected chi connectivity index (χ0v) is 10.8. The lowest BCUT2D eigenvalue weighted by atomic mass is 10.1. The van der Waals surface area contributed by atoms with Crippen LogP contribution < -0.4 is 5.32 Å². The molecular formula is C12H24N2O2. The van der Waals surface area contributed by atoms with Gasteiger partial charge in [-0.2, -0.15) is 0 Å². The Kier molecular flexibility index (Phi) is 5.22. The number of rotatable bonds is 4. The smallest absolute Gasteiger partial charge is 0.237 e. The minimum atomic E-state index is -0.0276. The van der Waals surface area contributed by atoms with E-state index in [1.54, 1.807) is 7.11 Å². The van der Waals surface area contributed by atoms with Gasteiger partial charge in [-0.1, -0.05) is 0 Å². The lowest BCUT2D eigenvalue weighted by Crippen LogP contribution is -2.50. The lowest BCUT2D eigenvalue weighted by molar-refractivity contribution is -0.127. The van der Waals surface area contributed by atoms with Gasteiger partial charge in [-0.25, -0.2) is 0 Å². The van der Waals surface area contributed by atoms with Crippen molar-refractivity contribution in [1.82, 2.24) is 10.2 Å². The van der Waals surface area contributed by atoms with Crippen molar-refractivity contribution < 1.29 is 9.53 Å². The number of hydrogen-bond acceptors (Lipinski definition) is 3. The van der Waals surface area contributed by atoms with Gasteiger partial charge in [-0.05, 0) is 33.6 Å². The Bertz CT molecular complexity index is 223. The minimum absolute atomic E-state index is 0.0276. The first-order valence-corrected chi connectivity index (χ1v) is 6.11. The number of likely N-dealkylation sites (tertiary alicyclic amines) is 1. The number of nitrogens with one attached hydrogen (secondary N) is 1. The first-order valence-electron chi connectivity index (χ1n) is 6.11. The molecule has 0 aromatic heterocycles. The summed E-state index contributed by atoms with van der Waals surface area (Å²) >= 11 is 0. The highest BCUT2D eigenvalue weighted by Gasteiger charge is 2.26. The SMILES string of the molecule is COC1CCN(C(C)C(=O)NC(C)C)CC1. The van der Waals surface area contributed by atoms with Crippen LogP contribution in [0, 0.1) is 0 Å².